The Morgan fingerprint density at radius 1 is 1.32 bits per heavy atom. The highest BCUT2D eigenvalue weighted by Crippen LogP contribution is 2.23. The summed E-state index contributed by atoms with van der Waals surface area (Å²) in [6.45, 7) is 0.511. The van der Waals surface area contributed by atoms with Gasteiger partial charge in [-0.3, -0.25) is 9.89 Å². The summed E-state index contributed by atoms with van der Waals surface area (Å²) in [6, 6.07) is 5.81. The van der Waals surface area contributed by atoms with Crippen LogP contribution in [-0.2, 0) is 19.4 Å². The summed E-state index contributed by atoms with van der Waals surface area (Å²) in [6.07, 6.45) is 3.76. The van der Waals surface area contributed by atoms with E-state index >= 15 is 0 Å². The maximum atomic E-state index is 12.6. The molecule has 0 radical (unpaired) electrons. The van der Waals surface area contributed by atoms with Gasteiger partial charge in [0.05, 0.1) is 12.8 Å². The molecule has 0 atom stereocenters. The molecule has 8 heteroatoms. The second kappa shape index (κ2) is 6.51. The van der Waals surface area contributed by atoms with Crippen molar-refractivity contribution >= 4 is 27.7 Å². The Balaban J connectivity index is 1.64. The van der Waals surface area contributed by atoms with Crippen LogP contribution >= 0.6 is 15.9 Å². The van der Waals surface area contributed by atoms with E-state index in [4.69, 9.17) is 4.74 Å². The van der Waals surface area contributed by atoms with E-state index in [2.05, 4.69) is 36.3 Å². The summed E-state index contributed by atoms with van der Waals surface area (Å²) in [5, 5.41) is 6.21. The number of halogens is 1. The van der Waals surface area contributed by atoms with E-state index in [1.807, 2.05) is 18.2 Å². The molecule has 0 amide bonds. The Morgan fingerprint density at radius 2 is 2.16 bits per heavy atom. The van der Waals surface area contributed by atoms with Crippen LogP contribution in [0.3, 0.4) is 0 Å². The number of methoxy groups -OCH3 is 1. The van der Waals surface area contributed by atoms with Crippen LogP contribution in [-0.4, -0.2) is 26.7 Å². The second-order valence-electron chi connectivity index (χ2n) is 6.07. The number of fused-ring (bicyclic) bond motifs is 2. The van der Waals surface area contributed by atoms with Crippen LogP contribution in [0.1, 0.15) is 29.7 Å². The molecule has 3 aromatic rings. The summed E-state index contributed by atoms with van der Waals surface area (Å²) in [5.41, 5.74) is 2.65. The molecule has 0 saturated heterocycles. The molecule has 0 aliphatic heterocycles. The fourth-order valence-corrected chi connectivity index (χ4v) is 3.60. The van der Waals surface area contributed by atoms with E-state index in [-0.39, 0.29) is 5.56 Å². The van der Waals surface area contributed by atoms with Crippen LogP contribution in [0.15, 0.2) is 27.5 Å². The number of nitrogens with one attached hydrogen (secondary N) is 2. The van der Waals surface area contributed by atoms with Crippen molar-refractivity contribution in [3.05, 3.63) is 49.8 Å². The predicted molar refractivity (Wildman–Crippen MR) is 98.3 cm³/mol. The summed E-state index contributed by atoms with van der Waals surface area (Å²) in [4.78, 5) is 21.6. The van der Waals surface area contributed by atoms with E-state index in [1.165, 1.54) is 4.52 Å². The van der Waals surface area contributed by atoms with Crippen molar-refractivity contribution in [3.8, 4) is 5.75 Å². The molecule has 0 saturated carbocycles. The molecular weight excluding hydrogens is 386 g/mol. The zero-order valence-electron chi connectivity index (χ0n) is 13.8. The van der Waals surface area contributed by atoms with Gasteiger partial charge in [-0.05, 0) is 43.9 Å². The molecule has 1 aliphatic carbocycles. The van der Waals surface area contributed by atoms with Crippen LogP contribution in [0.4, 0.5) is 5.95 Å². The number of anilines is 1. The molecule has 0 unspecified atom stereocenters. The maximum Gasteiger partial charge on any atom is 0.277 e. The maximum absolute atomic E-state index is 12.6. The molecule has 1 aromatic carbocycles. The van der Waals surface area contributed by atoms with Crippen LogP contribution in [0.5, 0.6) is 5.75 Å². The highest BCUT2D eigenvalue weighted by atomic mass is 79.9. The standard InChI is InChI=1S/C17H18BrN5O2/c1-25-14-7-6-11(18)8-10(14)9-19-16-21-17-20-13-5-3-2-4-12(13)15(24)23(17)22-16/h6-8H,2-5,9H2,1H3,(H2,19,20,21,22). The molecular formula is C17H18BrN5O2. The van der Waals surface area contributed by atoms with Crippen molar-refractivity contribution in [1.82, 2.24) is 19.6 Å². The molecule has 0 spiro atoms. The van der Waals surface area contributed by atoms with Crippen molar-refractivity contribution in [2.45, 2.75) is 32.2 Å². The molecule has 0 bridgehead atoms. The lowest BCUT2D eigenvalue weighted by atomic mass is 9.97. The second-order valence-corrected chi connectivity index (χ2v) is 6.98. The lowest BCUT2D eigenvalue weighted by molar-refractivity contribution is 0.410. The van der Waals surface area contributed by atoms with Gasteiger partial charge in [-0.25, -0.2) is 4.98 Å². The predicted octanol–water partition coefficient (Wildman–Crippen LogP) is 2.68. The number of hydrogen-bond donors (Lipinski definition) is 2. The first-order valence-electron chi connectivity index (χ1n) is 8.22. The average molecular weight is 404 g/mol. The quantitative estimate of drug-likeness (QED) is 0.699. The van der Waals surface area contributed by atoms with Crippen molar-refractivity contribution < 1.29 is 4.74 Å². The summed E-state index contributed by atoms with van der Waals surface area (Å²) in [7, 11) is 1.64. The summed E-state index contributed by atoms with van der Waals surface area (Å²) in [5.74, 6) is 1.71. The minimum atomic E-state index is -0.0414. The van der Waals surface area contributed by atoms with E-state index in [9.17, 15) is 4.79 Å². The molecule has 2 aromatic heterocycles. The lowest BCUT2D eigenvalue weighted by Gasteiger charge is -2.12. The minimum absolute atomic E-state index is 0.0414. The van der Waals surface area contributed by atoms with Gasteiger partial charge in [-0.1, -0.05) is 15.9 Å². The third-order valence-corrected chi connectivity index (χ3v) is 4.95. The SMILES string of the molecule is COc1ccc(Br)cc1CNc1nc2nc3c(c(=O)n2[nH]1)CCCC3. The molecule has 2 heterocycles. The first-order valence-corrected chi connectivity index (χ1v) is 9.02. The minimum Gasteiger partial charge on any atom is -0.496 e. The van der Waals surface area contributed by atoms with Crippen LogP contribution in [0.25, 0.3) is 5.78 Å². The van der Waals surface area contributed by atoms with Gasteiger partial charge in [-0.2, -0.15) is 9.50 Å². The number of aromatic nitrogens is 4. The third kappa shape index (κ3) is 3.02. The van der Waals surface area contributed by atoms with E-state index in [1.54, 1.807) is 7.11 Å². The highest BCUT2D eigenvalue weighted by Gasteiger charge is 2.18. The van der Waals surface area contributed by atoms with Crippen molar-refractivity contribution in [1.29, 1.82) is 0 Å². The fraction of sp³-hybridized carbons (Fsp3) is 0.353. The number of hydrogen-bond acceptors (Lipinski definition) is 5. The fourth-order valence-electron chi connectivity index (χ4n) is 3.19. The topological polar surface area (TPSA) is 84.3 Å². The number of rotatable bonds is 4. The van der Waals surface area contributed by atoms with Crippen LogP contribution < -0.4 is 15.6 Å². The van der Waals surface area contributed by atoms with Gasteiger partial charge in [0.2, 0.25) is 5.95 Å². The lowest BCUT2D eigenvalue weighted by Crippen LogP contribution is -2.25. The molecule has 4 rings (SSSR count). The summed E-state index contributed by atoms with van der Waals surface area (Å²) >= 11 is 3.46. The highest BCUT2D eigenvalue weighted by molar-refractivity contribution is 9.10. The zero-order valence-corrected chi connectivity index (χ0v) is 15.4. The van der Waals surface area contributed by atoms with E-state index in [0.29, 0.717) is 18.3 Å². The Kier molecular flexibility index (Phi) is 4.20. The van der Waals surface area contributed by atoms with Gasteiger partial charge >= 0.3 is 0 Å². The van der Waals surface area contributed by atoms with Gasteiger partial charge < -0.3 is 10.1 Å². The molecule has 130 valence electrons. The van der Waals surface area contributed by atoms with Crippen LogP contribution in [0, 0.1) is 0 Å². The third-order valence-electron chi connectivity index (χ3n) is 4.45. The van der Waals surface area contributed by atoms with Gasteiger partial charge in [0.15, 0.2) is 0 Å². The number of H-pyrrole nitrogens is 1. The largest absolute Gasteiger partial charge is 0.496 e. The normalized spacial score (nSPS) is 13.7. The van der Waals surface area contributed by atoms with E-state index in [0.717, 1.165) is 52.7 Å². The first kappa shape index (κ1) is 16.1. The Hall–Kier alpha value is -2.35. The number of ether oxygens (including phenoxy) is 1. The van der Waals surface area contributed by atoms with Crippen molar-refractivity contribution in [3.63, 3.8) is 0 Å². The number of aromatic amines is 1. The van der Waals surface area contributed by atoms with Crippen LogP contribution in [0.2, 0.25) is 0 Å². The Bertz CT molecular complexity index is 995. The molecule has 25 heavy (non-hydrogen) atoms. The molecule has 2 N–H and O–H groups in total. The smallest absolute Gasteiger partial charge is 0.277 e. The number of nitrogens with zero attached hydrogens (tertiary/aromatic N) is 3. The Labute approximate surface area is 152 Å². The summed E-state index contributed by atoms with van der Waals surface area (Å²) < 4.78 is 7.77. The number of aryl methyl sites for hydroxylation is 1. The molecule has 0 fully saturated rings. The van der Waals surface area contributed by atoms with Gasteiger partial charge in [0.1, 0.15) is 5.75 Å². The first-order chi connectivity index (χ1) is 12.2. The average Bonchev–Trinajstić information content (AvgIpc) is 3.03. The van der Waals surface area contributed by atoms with Gasteiger partial charge in [0.25, 0.3) is 11.3 Å². The monoisotopic (exact) mass is 403 g/mol. The number of benzene rings is 1. The molecule has 7 nitrogen and oxygen atoms in total. The van der Waals surface area contributed by atoms with Crippen molar-refractivity contribution in [2.75, 3.05) is 12.4 Å². The van der Waals surface area contributed by atoms with Gasteiger partial charge in [0, 0.05) is 22.1 Å². The molecule has 1 aliphatic rings. The Morgan fingerprint density at radius 3 is 3.00 bits per heavy atom. The van der Waals surface area contributed by atoms with Crippen molar-refractivity contribution in [2.24, 2.45) is 0 Å². The van der Waals surface area contributed by atoms with E-state index < -0.39 is 0 Å². The zero-order chi connectivity index (χ0) is 17.4. The van der Waals surface area contributed by atoms with Gasteiger partial charge in [-0.15, -0.1) is 0 Å².